The first-order valence-corrected chi connectivity index (χ1v) is 9.25. The first kappa shape index (κ1) is 18.2. The zero-order chi connectivity index (χ0) is 19.3. The second-order valence-electron chi connectivity index (χ2n) is 6.58. The van der Waals surface area contributed by atoms with E-state index in [-0.39, 0.29) is 0 Å². The van der Waals surface area contributed by atoms with Crippen LogP contribution >= 0.6 is 0 Å². The van der Waals surface area contributed by atoms with Crippen LogP contribution in [0.4, 0.5) is 17.3 Å². The van der Waals surface area contributed by atoms with Gasteiger partial charge in [0, 0.05) is 43.6 Å². The van der Waals surface area contributed by atoms with Gasteiger partial charge in [0.25, 0.3) is 0 Å². The highest BCUT2D eigenvalue weighted by Gasteiger charge is 2.15. The molecule has 0 spiro atoms. The third kappa shape index (κ3) is 4.04. The van der Waals surface area contributed by atoms with Crippen LogP contribution in [0.25, 0.3) is 11.4 Å². The van der Waals surface area contributed by atoms with Gasteiger partial charge in [-0.3, -0.25) is 0 Å². The summed E-state index contributed by atoms with van der Waals surface area (Å²) in [4.78, 5) is 15.5. The number of nitrogens with one attached hydrogen (secondary N) is 2. The van der Waals surface area contributed by atoms with E-state index in [4.69, 9.17) is 4.74 Å². The summed E-state index contributed by atoms with van der Waals surface area (Å²) < 4.78 is 5.63. The van der Waals surface area contributed by atoms with Crippen molar-refractivity contribution in [3.63, 3.8) is 0 Å². The minimum atomic E-state index is 0.476. The maximum Gasteiger partial charge on any atom is 0.230 e. The van der Waals surface area contributed by atoms with Crippen LogP contribution < -0.4 is 20.3 Å². The van der Waals surface area contributed by atoms with Crippen LogP contribution in [0.5, 0.6) is 5.75 Å². The van der Waals surface area contributed by atoms with Crippen molar-refractivity contribution in [1.82, 2.24) is 20.3 Å². The number of aromatic nitrogens is 3. The molecule has 143 valence electrons. The Kier molecular flexibility index (Phi) is 5.34. The molecule has 0 saturated carbocycles. The molecule has 0 unspecified atom stereocenters. The molecule has 1 saturated heterocycles. The third-order valence-electron chi connectivity index (χ3n) is 4.66. The predicted molar refractivity (Wildman–Crippen MR) is 111 cm³/mol. The van der Waals surface area contributed by atoms with E-state index in [1.807, 2.05) is 36.4 Å². The quantitative estimate of drug-likeness (QED) is 0.710. The molecular weight excluding hydrogens is 352 g/mol. The van der Waals surface area contributed by atoms with Crippen LogP contribution in [0, 0.1) is 6.92 Å². The molecule has 0 bridgehead atoms. The molecule has 1 aromatic heterocycles. The molecule has 2 N–H and O–H groups in total. The fraction of sp³-hybridized carbons (Fsp3) is 0.238. The Morgan fingerprint density at radius 2 is 1.96 bits per heavy atom. The lowest BCUT2D eigenvalue weighted by atomic mass is 10.1. The third-order valence-corrected chi connectivity index (χ3v) is 4.66. The summed E-state index contributed by atoms with van der Waals surface area (Å²) in [7, 11) is 1.67. The number of rotatable bonds is 5. The van der Waals surface area contributed by atoms with Gasteiger partial charge >= 0.3 is 0 Å². The molecule has 0 aliphatic carbocycles. The van der Waals surface area contributed by atoms with Crippen molar-refractivity contribution in [2.24, 2.45) is 0 Å². The summed E-state index contributed by atoms with van der Waals surface area (Å²) in [6.45, 7) is 7.87. The van der Waals surface area contributed by atoms with Gasteiger partial charge in [0.1, 0.15) is 12.1 Å². The first-order valence-electron chi connectivity index (χ1n) is 9.25. The van der Waals surface area contributed by atoms with Crippen molar-refractivity contribution in [2.45, 2.75) is 0 Å². The second-order valence-corrected chi connectivity index (χ2v) is 6.58. The smallest absolute Gasteiger partial charge is 0.230 e. The summed E-state index contributed by atoms with van der Waals surface area (Å²) in [5, 5.41) is 6.57. The number of anilines is 3. The van der Waals surface area contributed by atoms with Gasteiger partial charge in [-0.1, -0.05) is 12.1 Å². The van der Waals surface area contributed by atoms with Gasteiger partial charge in [0.05, 0.1) is 12.7 Å². The lowest BCUT2D eigenvalue weighted by molar-refractivity contribution is 0.416. The lowest BCUT2D eigenvalue weighted by Gasteiger charge is -2.29. The zero-order valence-corrected chi connectivity index (χ0v) is 15.9. The van der Waals surface area contributed by atoms with Crippen LogP contribution in [-0.4, -0.2) is 48.2 Å². The van der Waals surface area contributed by atoms with E-state index in [0.29, 0.717) is 11.8 Å². The zero-order valence-electron chi connectivity index (χ0n) is 15.9. The van der Waals surface area contributed by atoms with Crippen molar-refractivity contribution in [1.29, 1.82) is 0 Å². The summed E-state index contributed by atoms with van der Waals surface area (Å²) in [5.74, 6) is 1.78. The fourth-order valence-electron chi connectivity index (χ4n) is 3.25. The molecule has 3 aromatic rings. The summed E-state index contributed by atoms with van der Waals surface area (Å²) in [6.07, 6.45) is 1.50. The predicted octanol–water partition coefficient (Wildman–Crippen LogP) is 2.88. The van der Waals surface area contributed by atoms with E-state index < -0.39 is 0 Å². The van der Waals surface area contributed by atoms with Gasteiger partial charge in [0.2, 0.25) is 5.95 Å². The molecule has 1 fully saturated rings. The number of methoxy groups -OCH3 is 1. The SMILES string of the molecule is [CH2]c1cccc(Nc2ncnc(-c3ccc(N4CCNCC4)cc3OC)n2)c1. The number of ether oxygens (including phenoxy) is 1. The van der Waals surface area contributed by atoms with Crippen LogP contribution in [0.1, 0.15) is 5.56 Å². The minimum Gasteiger partial charge on any atom is -0.496 e. The molecule has 7 heteroatoms. The molecule has 7 nitrogen and oxygen atoms in total. The van der Waals surface area contributed by atoms with E-state index >= 15 is 0 Å². The van der Waals surface area contributed by atoms with Crippen molar-refractivity contribution >= 4 is 17.3 Å². The average Bonchev–Trinajstić information content (AvgIpc) is 2.74. The fourth-order valence-corrected chi connectivity index (χ4v) is 3.25. The Hall–Kier alpha value is -3.19. The normalized spacial score (nSPS) is 14.0. The minimum absolute atomic E-state index is 0.476. The molecule has 4 rings (SSSR count). The van der Waals surface area contributed by atoms with Crippen molar-refractivity contribution < 1.29 is 4.74 Å². The maximum absolute atomic E-state index is 5.63. The van der Waals surface area contributed by atoms with Crippen LogP contribution in [-0.2, 0) is 0 Å². The summed E-state index contributed by atoms with van der Waals surface area (Å²) >= 11 is 0. The van der Waals surface area contributed by atoms with Gasteiger partial charge in [-0.05, 0) is 36.8 Å². The molecule has 2 heterocycles. The van der Waals surface area contributed by atoms with Crippen molar-refractivity contribution in [2.75, 3.05) is 43.5 Å². The summed E-state index contributed by atoms with van der Waals surface area (Å²) in [6, 6.07) is 13.9. The van der Waals surface area contributed by atoms with E-state index in [1.54, 1.807) is 7.11 Å². The van der Waals surface area contributed by atoms with Crippen molar-refractivity contribution in [3.8, 4) is 17.1 Å². The van der Waals surface area contributed by atoms with Gasteiger partial charge < -0.3 is 20.3 Å². The number of hydrogen-bond donors (Lipinski definition) is 2. The highest BCUT2D eigenvalue weighted by Crippen LogP contribution is 2.32. The number of piperazine rings is 1. The van der Waals surface area contributed by atoms with E-state index in [2.05, 4.69) is 43.5 Å². The molecule has 28 heavy (non-hydrogen) atoms. The van der Waals surface area contributed by atoms with Gasteiger partial charge in [-0.15, -0.1) is 0 Å². The molecular formula is C21H23N6O. The van der Waals surface area contributed by atoms with Crippen LogP contribution in [0.2, 0.25) is 0 Å². The highest BCUT2D eigenvalue weighted by molar-refractivity contribution is 5.70. The Morgan fingerprint density at radius 3 is 2.75 bits per heavy atom. The van der Waals surface area contributed by atoms with Crippen molar-refractivity contribution in [3.05, 3.63) is 61.3 Å². The van der Waals surface area contributed by atoms with E-state index in [0.717, 1.165) is 54.4 Å². The Balaban J connectivity index is 1.61. The van der Waals surface area contributed by atoms with E-state index in [1.165, 1.54) is 6.33 Å². The maximum atomic E-state index is 5.63. The standard InChI is InChI=1S/C21H23N6O/c1-15-4-3-5-16(12-15)25-21-24-14-23-20(26-21)18-7-6-17(13-19(18)28-2)27-10-8-22-9-11-27/h3-7,12-14,22H,1,8-11H2,2H3,(H,23,24,25,26). The van der Waals surface area contributed by atoms with Gasteiger partial charge in [-0.2, -0.15) is 4.98 Å². The molecule has 2 aromatic carbocycles. The molecule has 1 radical (unpaired) electrons. The monoisotopic (exact) mass is 375 g/mol. The number of hydrogen-bond acceptors (Lipinski definition) is 7. The number of benzene rings is 2. The molecule has 0 atom stereocenters. The number of nitrogens with zero attached hydrogens (tertiary/aromatic N) is 4. The lowest BCUT2D eigenvalue weighted by Crippen LogP contribution is -2.43. The summed E-state index contributed by atoms with van der Waals surface area (Å²) in [5.41, 5.74) is 3.77. The highest BCUT2D eigenvalue weighted by atomic mass is 16.5. The van der Waals surface area contributed by atoms with Crippen LogP contribution in [0.15, 0.2) is 48.8 Å². The second kappa shape index (κ2) is 8.22. The Bertz CT molecular complexity index is 955. The Morgan fingerprint density at radius 1 is 1.11 bits per heavy atom. The Labute approximate surface area is 164 Å². The topological polar surface area (TPSA) is 75.2 Å². The van der Waals surface area contributed by atoms with Gasteiger partial charge in [-0.25, -0.2) is 9.97 Å². The average molecular weight is 375 g/mol. The molecule has 1 aliphatic rings. The largest absolute Gasteiger partial charge is 0.496 e. The van der Waals surface area contributed by atoms with E-state index in [9.17, 15) is 0 Å². The molecule has 1 aliphatic heterocycles. The molecule has 0 amide bonds. The van der Waals surface area contributed by atoms with Gasteiger partial charge in [0.15, 0.2) is 5.82 Å². The van der Waals surface area contributed by atoms with Crippen LogP contribution in [0.3, 0.4) is 0 Å². The first-order chi connectivity index (χ1) is 13.7.